The molecule has 0 unspecified atom stereocenters. The van der Waals surface area contributed by atoms with E-state index in [1.165, 1.54) is 41.5 Å². The van der Waals surface area contributed by atoms with E-state index in [1.54, 1.807) is 23.5 Å². The molecule has 0 radical (unpaired) electrons. The number of benzene rings is 1. The van der Waals surface area contributed by atoms with Crippen LogP contribution in [0.3, 0.4) is 0 Å². The fourth-order valence-electron chi connectivity index (χ4n) is 2.62. The van der Waals surface area contributed by atoms with Crippen LogP contribution < -0.4 is 5.32 Å². The summed E-state index contributed by atoms with van der Waals surface area (Å²) in [5.74, 6) is 0.619. The Morgan fingerprint density at radius 1 is 1.22 bits per heavy atom. The first kappa shape index (κ1) is 10.9. The van der Waals surface area contributed by atoms with E-state index < -0.39 is 0 Å². The van der Waals surface area contributed by atoms with Crippen molar-refractivity contribution in [2.75, 3.05) is 0 Å². The second-order valence-corrected chi connectivity index (χ2v) is 6.65. The molecule has 0 spiro atoms. The molecule has 0 saturated heterocycles. The van der Waals surface area contributed by atoms with Gasteiger partial charge in [-0.3, -0.25) is 0 Å². The monoisotopic (exact) mass is 261 g/mol. The first-order chi connectivity index (χ1) is 8.81. The van der Waals surface area contributed by atoms with Gasteiger partial charge in [-0.2, -0.15) is 0 Å². The third-order valence-corrected chi connectivity index (χ3v) is 5.05. The van der Waals surface area contributed by atoms with Crippen LogP contribution in [0.5, 0.6) is 0 Å². The minimum absolute atomic E-state index is 0.118. The Bertz CT molecular complexity index is 596. The second-order valence-electron chi connectivity index (χ2n) is 5.51. The summed E-state index contributed by atoms with van der Waals surface area (Å²) < 4.78 is 14.4. The molecule has 2 aromatic rings. The normalized spacial score (nSPS) is 19.6. The number of halogens is 1. The zero-order valence-corrected chi connectivity index (χ0v) is 11.0. The van der Waals surface area contributed by atoms with Gasteiger partial charge in [-0.25, -0.2) is 4.39 Å². The van der Waals surface area contributed by atoms with Crippen LogP contribution in [0, 0.1) is 5.82 Å². The maximum absolute atomic E-state index is 13.3. The van der Waals surface area contributed by atoms with Crippen LogP contribution in [0.15, 0.2) is 18.2 Å². The van der Waals surface area contributed by atoms with Gasteiger partial charge in [0, 0.05) is 22.2 Å². The molecule has 18 heavy (non-hydrogen) atoms. The molecule has 3 heteroatoms. The van der Waals surface area contributed by atoms with Crippen molar-refractivity contribution in [1.82, 2.24) is 5.32 Å². The molecule has 2 aliphatic carbocycles. The molecule has 0 atom stereocenters. The Hall–Kier alpha value is -0.930. The minimum atomic E-state index is -0.118. The maximum atomic E-state index is 13.3. The Kier molecular flexibility index (Phi) is 2.45. The highest BCUT2D eigenvalue weighted by molar-refractivity contribution is 7.19. The van der Waals surface area contributed by atoms with Crippen molar-refractivity contribution in [1.29, 1.82) is 0 Å². The largest absolute Gasteiger partial charge is 0.309 e. The van der Waals surface area contributed by atoms with Crippen LogP contribution in [0.4, 0.5) is 4.39 Å². The second kappa shape index (κ2) is 4.04. The van der Waals surface area contributed by atoms with Gasteiger partial charge in [-0.15, -0.1) is 11.3 Å². The first-order valence-electron chi connectivity index (χ1n) is 6.75. The number of nitrogens with one attached hydrogen (secondary N) is 1. The zero-order chi connectivity index (χ0) is 12.1. The smallest absolute Gasteiger partial charge is 0.124 e. The highest BCUT2D eigenvalue weighted by Gasteiger charge is 2.30. The van der Waals surface area contributed by atoms with Gasteiger partial charge in [0.05, 0.1) is 0 Å². The third-order valence-electron chi connectivity index (χ3n) is 3.88. The van der Waals surface area contributed by atoms with Gasteiger partial charge in [-0.05, 0) is 54.7 Å². The van der Waals surface area contributed by atoms with Crippen molar-refractivity contribution < 1.29 is 4.39 Å². The summed E-state index contributed by atoms with van der Waals surface area (Å²) in [7, 11) is 0. The summed E-state index contributed by atoms with van der Waals surface area (Å²) in [5, 5.41) is 4.88. The molecule has 94 valence electrons. The Balaban J connectivity index is 1.75. The van der Waals surface area contributed by atoms with Crippen molar-refractivity contribution in [2.24, 2.45) is 0 Å². The predicted molar refractivity (Wildman–Crippen MR) is 73.6 cm³/mol. The van der Waals surface area contributed by atoms with Crippen molar-refractivity contribution >= 4 is 21.4 Å². The van der Waals surface area contributed by atoms with Crippen LogP contribution >= 0.6 is 11.3 Å². The number of thiophene rings is 1. The molecular formula is C15H16FNS. The van der Waals surface area contributed by atoms with Crippen LogP contribution in [0.1, 0.15) is 42.0 Å². The van der Waals surface area contributed by atoms with Crippen LogP contribution in [0.25, 0.3) is 10.1 Å². The molecule has 2 saturated carbocycles. The molecule has 1 aromatic carbocycles. The molecular weight excluding hydrogens is 245 g/mol. The Morgan fingerprint density at radius 3 is 2.78 bits per heavy atom. The van der Waals surface area contributed by atoms with Crippen LogP contribution in [0.2, 0.25) is 0 Å². The molecule has 2 aliphatic rings. The van der Waals surface area contributed by atoms with Crippen molar-refractivity contribution in [2.45, 2.75) is 44.2 Å². The van der Waals surface area contributed by atoms with E-state index >= 15 is 0 Å². The average Bonchev–Trinajstić information content (AvgIpc) is 3.24. The van der Waals surface area contributed by atoms with E-state index in [4.69, 9.17) is 0 Å². The van der Waals surface area contributed by atoms with E-state index in [1.807, 2.05) is 6.07 Å². The van der Waals surface area contributed by atoms with E-state index in [-0.39, 0.29) is 5.82 Å². The third kappa shape index (κ3) is 1.95. The molecule has 2 fully saturated rings. The van der Waals surface area contributed by atoms with Gasteiger partial charge in [0.2, 0.25) is 0 Å². The molecule has 0 amide bonds. The summed E-state index contributed by atoms with van der Waals surface area (Å²) in [6.07, 6.45) is 5.25. The average molecular weight is 261 g/mol. The van der Waals surface area contributed by atoms with Crippen molar-refractivity contribution in [3.63, 3.8) is 0 Å². The predicted octanol–water partition coefficient (Wildman–Crippen LogP) is 4.17. The zero-order valence-electron chi connectivity index (χ0n) is 10.2. The summed E-state index contributed by atoms with van der Waals surface area (Å²) in [5.41, 5.74) is 1.50. The molecule has 1 N–H and O–H groups in total. The Morgan fingerprint density at radius 2 is 2.06 bits per heavy atom. The Labute approximate surface area is 110 Å². The molecule has 1 nitrogen and oxygen atoms in total. The number of hydrogen-bond acceptors (Lipinski definition) is 2. The lowest BCUT2D eigenvalue weighted by Crippen LogP contribution is -2.15. The summed E-state index contributed by atoms with van der Waals surface area (Å²) >= 11 is 1.77. The standard InChI is InChI=1S/C15H16FNS/c16-10-3-6-12-13(7-10)18-14(8-17-11-4-5-11)15(12)9-1-2-9/h3,6-7,9,11,17H,1-2,4-5,8H2. The van der Waals surface area contributed by atoms with Gasteiger partial charge in [0.1, 0.15) is 5.82 Å². The maximum Gasteiger partial charge on any atom is 0.124 e. The van der Waals surface area contributed by atoms with Gasteiger partial charge in [-0.1, -0.05) is 6.07 Å². The molecule has 0 bridgehead atoms. The fraction of sp³-hybridized carbons (Fsp3) is 0.467. The SMILES string of the molecule is Fc1ccc2c(C3CC3)c(CNC3CC3)sc2c1. The number of hydrogen-bond donors (Lipinski definition) is 1. The van der Waals surface area contributed by atoms with E-state index in [9.17, 15) is 4.39 Å². The van der Waals surface area contributed by atoms with Gasteiger partial charge in [0.25, 0.3) is 0 Å². The molecule has 1 heterocycles. The van der Waals surface area contributed by atoms with E-state index in [0.29, 0.717) is 0 Å². The summed E-state index contributed by atoms with van der Waals surface area (Å²) in [6, 6.07) is 5.99. The quantitative estimate of drug-likeness (QED) is 0.871. The highest BCUT2D eigenvalue weighted by atomic mass is 32.1. The first-order valence-corrected chi connectivity index (χ1v) is 7.57. The summed E-state index contributed by atoms with van der Waals surface area (Å²) in [6.45, 7) is 0.970. The number of rotatable bonds is 4. The van der Waals surface area contributed by atoms with E-state index in [2.05, 4.69) is 5.32 Å². The van der Waals surface area contributed by atoms with E-state index in [0.717, 1.165) is 23.2 Å². The number of fused-ring (bicyclic) bond motifs is 1. The lowest BCUT2D eigenvalue weighted by Gasteiger charge is -2.04. The van der Waals surface area contributed by atoms with Gasteiger partial charge in [0.15, 0.2) is 0 Å². The topological polar surface area (TPSA) is 12.0 Å². The fourth-order valence-corrected chi connectivity index (χ4v) is 3.88. The van der Waals surface area contributed by atoms with Crippen molar-refractivity contribution in [3.8, 4) is 0 Å². The van der Waals surface area contributed by atoms with Crippen molar-refractivity contribution in [3.05, 3.63) is 34.5 Å². The molecule has 0 aliphatic heterocycles. The summed E-state index contributed by atoms with van der Waals surface area (Å²) in [4.78, 5) is 1.44. The van der Waals surface area contributed by atoms with Crippen LogP contribution in [-0.4, -0.2) is 6.04 Å². The lowest BCUT2D eigenvalue weighted by molar-refractivity contribution is 0.630. The molecule has 1 aromatic heterocycles. The van der Waals surface area contributed by atoms with Gasteiger partial charge < -0.3 is 5.32 Å². The highest BCUT2D eigenvalue weighted by Crippen LogP contribution is 2.48. The minimum Gasteiger partial charge on any atom is -0.309 e. The van der Waals surface area contributed by atoms with Gasteiger partial charge >= 0.3 is 0 Å². The van der Waals surface area contributed by atoms with Crippen LogP contribution in [-0.2, 0) is 6.54 Å². The lowest BCUT2D eigenvalue weighted by atomic mass is 10.1. The molecule has 4 rings (SSSR count).